The van der Waals surface area contributed by atoms with Gasteiger partial charge in [0.2, 0.25) is 0 Å². The maximum absolute atomic E-state index is 12.6. The Labute approximate surface area is 223 Å². The van der Waals surface area contributed by atoms with Crippen molar-refractivity contribution < 1.29 is 23.9 Å². The third-order valence-electron chi connectivity index (χ3n) is 6.79. The van der Waals surface area contributed by atoms with Crippen molar-refractivity contribution >= 4 is 29.6 Å². The first-order valence-electron chi connectivity index (χ1n) is 13.1. The molecule has 10 heteroatoms. The number of ether oxygens (including phenoxy) is 2. The number of nitrogens with zero attached hydrogens (tertiary/aromatic N) is 3. The molecular formula is C28H35N5O5. The van der Waals surface area contributed by atoms with Crippen LogP contribution in [0.3, 0.4) is 0 Å². The molecule has 0 unspecified atom stereocenters. The molecule has 10 nitrogen and oxygen atoms in total. The highest BCUT2D eigenvalue weighted by molar-refractivity contribution is 6.35. The van der Waals surface area contributed by atoms with Crippen LogP contribution < -0.4 is 25.1 Å². The van der Waals surface area contributed by atoms with Crippen molar-refractivity contribution in [3.63, 3.8) is 0 Å². The van der Waals surface area contributed by atoms with Crippen LogP contribution in [0.25, 0.3) is 0 Å². The van der Waals surface area contributed by atoms with Gasteiger partial charge in [-0.05, 0) is 54.8 Å². The van der Waals surface area contributed by atoms with Gasteiger partial charge >= 0.3 is 11.8 Å². The molecule has 38 heavy (non-hydrogen) atoms. The molecule has 202 valence electrons. The topological polar surface area (TPSA) is 113 Å². The van der Waals surface area contributed by atoms with Gasteiger partial charge in [-0.1, -0.05) is 31.4 Å². The smallest absolute Gasteiger partial charge is 0.329 e. The molecule has 2 aliphatic rings. The first-order valence-corrected chi connectivity index (χ1v) is 13.1. The van der Waals surface area contributed by atoms with E-state index < -0.39 is 11.8 Å². The number of hydrogen-bond donors (Lipinski definition) is 2. The second-order valence-corrected chi connectivity index (χ2v) is 9.41. The summed E-state index contributed by atoms with van der Waals surface area (Å²) in [5, 5.41) is 6.93. The zero-order valence-electron chi connectivity index (χ0n) is 21.7. The molecule has 0 radical (unpaired) electrons. The first kappa shape index (κ1) is 27.0. The number of amides is 3. The van der Waals surface area contributed by atoms with Gasteiger partial charge < -0.3 is 24.6 Å². The Morgan fingerprint density at radius 3 is 2.39 bits per heavy atom. The lowest BCUT2D eigenvalue weighted by Crippen LogP contribution is -2.52. The number of piperazine rings is 1. The normalized spacial score (nSPS) is 16.2. The Hall–Kier alpha value is -4.08. The number of anilines is 1. The van der Waals surface area contributed by atoms with E-state index in [-0.39, 0.29) is 18.6 Å². The lowest BCUT2D eigenvalue weighted by molar-refractivity contribution is -0.146. The number of hydrogen-bond acceptors (Lipinski definition) is 7. The number of methoxy groups -OCH3 is 1. The van der Waals surface area contributed by atoms with E-state index in [2.05, 4.69) is 20.7 Å². The minimum absolute atomic E-state index is 0.0325. The number of rotatable bonds is 8. The van der Waals surface area contributed by atoms with Crippen LogP contribution in [-0.2, 0) is 14.4 Å². The highest BCUT2D eigenvalue weighted by Crippen LogP contribution is 2.28. The number of benzene rings is 2. The predicted molar refractivity (Wildman–Crippen MR) is 144 cm³/mol. The Morgan fingerprint density at radius 2 is 1.68 bits per heavy atom. The van der Waals surface area contributed by atoms with Gasteiger partial charge in [-0.2, -0.15) is 5.10 Å². The van der Waals surface area contributed by atoms with Crippen molar-refractivity contribution in [2.24, 2.45) is 5.10 Å². The summed E-state index contributed by atoms with van der Waals surface area (Å²) in [5.41, 5.74) is 3.98. The van der Waals surface area contributed by atoms with Gasteiger partial charge in [0.1, 0.15) is 11.5 Å². The molecule has 0 spiro atoms. The second-order valence-electron chi connectivity index (χ2n) is 9.41. The first-order chi connectivity index (χ1) is 18.5. The van der Waals surface area contributed by atoms with Crippen LogP contribution in [0.2, 0.25) is 0 Å². The van der Waals surface area contributed by atoms with Crippen LogP contribution in [0, 0.1) is 0 Å². The molecule has 1 aliphatic carbocycles. The highest BCUT2D eigenvalue weighted by Gasteiger charge is 2.27. The summed E-state index contributed by atoms with van der Waals surface area (Å²) in [6.45, 7) is 2.01. The van der Waals surface area contributed by atoms with Crippen molar-refractivity contribution in [2.45, 2.75) is 38.1 Å². The summed E-state index contributed by atoms with van der Waals surface area (Å²) in [4.78, 5) is 40.6. The van der Waals surface area contributed by atoms with Crippen molar-refractivity contribution in [1.29, 1.82) is 0 Å². The van der Waals surface area contributed by atoms with Crippen LogP contribution >= 0.6 is 0 Å². The predicted octanol–water partition coefficient (Wildman–Crippen LogP) is 2.32. The molecule has 4 rings (SSSR count). The summed E-state index contributed by atoms with van der Waals surface area (Å²) in [6, 6.07) is 14.9. The van der Waals surface area contributed by atoms with Crippen LogP contribution in [0.4, 0.5) is 5.69 Å². The number of nitrogens with one attached hydrogen (secondary N) is 2. The van der Waals surface area contributed by atoms with E-state index in [4.69, 9.17) is 9.47 Å². The van der Waals surface area contributed by atoms with Crippen LogP contribution in [0.1, 0.15) is 37.7 Å². The average molecular weight is 522 g/mol. The van der Waals surface area contributed by atoms with Crippen LogP contribution in [0.15, 0.2) is 53.6 Å². The molecule has 1 saturated carbocycles. The molecule has 1 saturated heterocycles. The Balaban J connectivity index is 1.17. The molecule has 2 fully saturated rings. The summed E-state index contributed by atoms with van der Waals surface area (Å²) in [5.74, 6) is -0.171. The monoisotopic (exact) mass is 521 g/mol. The lowest BCUT2D eigenvalue weighted by Gasteiger charge is -2.36. The molecule has 1 aliphatic heterocycles. The highest BCUT2D eigenvalue weighted by atomic mass is 16.5. The minimum Gasteiger partial charge on any atom is -0.495 e. The van der Waals surface area contributed by atoms with Gasteiger partial charge in [-0.25, -0.2) is 5.43 Å². The number of hydrazone groups is 1. The maximum atomic E-state index is 12.6. The molecule has 3 amide bonds. The van der Waals surface area contributed by atoms with Crippen molar-refractivity contribution in [1.82, 2.24) is 15.6 Å². The standard InChI is InChI=1S/C28H35N5O5/c1-37-25-10-6-5-9-24(25)32-15-17-33(18-16-32)28(36)27(35)31-29-19-21-11-13-23(14-12-21)38-20-26(34)30-22-7-3-2-4-8-22/h5-6,9-14,19,22H,2-4,7-8,15-18,20H2,1H3,(H,30,34)(H,31,35)/b29-19-. The fourth-order valence-corrected chi connectivity index (χ4v) is 4.71. The molecule has 2 aromatic carbocycles. The number of carbonyl (C=O) groups is 3. The number of carbonyl (C=O) groups excluding carboxylic acids is 3. The summed E-state index contributed by atoms with van der Waals surface area (Å²) >= 11 is 0. The van der Waals surface area contributed by atoms with Crippen molar-refractivity contribution in [3.05, 3.63) is 54.1 Å². The molecule has 2 aromatic rings. The lowest BCUT2D eigenvalue weighted by atomic mass is 9.95. The second kappa shape index (κ2) is 13.5. The SMILES string of the molecule is COc1ccccc1N1CCN(C(=O)C(=O)N/N=C\c2ccc(OCC(=O)NC3CCCCC3)cc2)CC1. The Kier molecular flexibility index (Phi) is 9.55. The van der Waals surface area contributed by atoms with E-state index in [9.17, 15) is 14.4 Å². The van der Waals surface area contributed by atoms with Crippen LogP contribution in [0.5, 0.6) is 11.5 Å². The van der Waals surface area contributed by atoms with E-state index in [1.54, 1.807) is 31.4 Å². The molecule has 0 aromatic heterocycles. The molecular weight excluding hydrogens is 486 g/mol. The maximum Gasteiger partial charge on any atom is 0.329 e. The Morgan fingerprint density at radius 1 is 0.974 bits per heavy atom. The summed E-state index contributed by atoms with van der Waals surface area (Å²) < 4.78 is 11.0. The molecule has 0 bridgehead atoms. The third kappa shape index (κ3) is 7.47. The quantitative estimate of drug-likeness (QED) is 0.313. The summed E-state index contributed by atoms with van der Waals surface area (Å²) in [6.07, 6.45) is 7.06. The third-order valence-corrected chi connectivity index (χ3v) is 6.79. The van der Waals surface area contributed by atoms with E-state index in [1.165, 1.54) is 17.5 Å². The number of para-hydroxylation sites is 2. The summed E-state index contributed by atoms with van der Waals surface area (Å²) in [7, 11) is 1.63. The van der Waals surface area contributed by atoms with Gasteiger partial charge in [-0.3, -0.25) is 14.4 Å². The van der Waals surface area contributed by atoms with E-state index >= 15 is 0 Å². The average Bonchev–Trinajstić information content (AvgIpc) is 2.97. The van der Waals surface area contributed by atoms with E-state index in [0.29, 0.717) is 37.5 Å². The van der Waals surface area contributed by atoms with Gasteiger partial charge in [0.25, 0.3) is 5.91 Å². The zero-order chi connectivity index (χ0) is 26.7. The van der Waals surface area contributed by atoms with Gasteiger partial charge in [0.15, 0.2) is 6.61 Å². The Bertz CT molecular complexity index is 1120. The van der Waals surface area contributed by atoms with Gasteiger partial charge in [0, 0.05) is 32.2 Å². The minimum atomic E-state index is -0.782. The zero-order valence-corrected chi connectivity index (χ0v) is 21.7. The van der Waals surface area contributed by atoms with E-state index in [0.717, 1.165) is 37.1 Å². The van der Waals surface area contributed by atoms with E-state index in [1.807, 2.05) is 24.3 Å². The van der Waals surface area contributed by atoms with Crippen molar-refractivity contribution in [3.8, 4) is 11.5 Å². The van der Waals surface area contributed by atoms with Crippen molar-refractivity contribution in [2.75, 3.05) is 44.8 Å². The molecule has 0 atom stereocenters. The molecule has 2 N–H and O–H groups in total. The van der Waals surface area contributed by atoms with Gasteiger partial charge in [0.05, 0.1) is 19.0 Å². The van der Waals surface area contributed by atoms with Gasteiger partial charge in [-0.15, -0.1) is 0 Å². The fourth-order valence-electron chi connectivity index (χ4n) is 4.71. The fraction of sp³-hybridized carbons (Fsp3) is 0.429. The molecule has 1 heterocycles. The van der Waals surface area contributed by atoms with Crippen LogP contribution in [-0.4, -0.2) is 74.8 Å². The largest absolute Gasteiger partial charge is 0.495 e.